The van der Waals surface area contributed by atoms with Crippen LogP contribution in [0.25, 0.3) is 10.2 Å². The first-order valence-corrected chi connectivity index (χ1v) is 15.7. The van der Waals surface area contributed by atoms with Gasteiger partial charge in [-0.3, -0.25) is 10.0 Å². The van der Waals surface area contributed by atoms with Crippen molar-refractivity contribution < 1.29 is 23.2 Å². The molecule has 3 aromatic rings. The summed E-state index contributed by atoms with van der Waals surface area (Å²) in [7, 11) is -4.04. The van der Waals surface area contributed by atoms with Crippen LogP contribution in [0.4, 0.5) is 10.8 Å². The van der Waals surface area contributed by atoms with Crippen molar-refractivity contribution in [1.82, 2.24) is 14.8 Å². The van der Waals surface area contributed by atoms with Gasteiger partial charge in [0.15, 0.2) is 9.88 Å². The first kappa shape index (κ1) is 33.2. The lowest BCUT2D eigenvalue weighted by Gasteiger charge is -2.44. The van der Waals surface area contributed by atoms with Gasteiger partial charge in [0.2, 0.25) is 10.0 Å². The van der Waals surface area contributed by atoms with Crippen molar-refractivity contribution in [2.24, 2.45) is 0 Å². The normalized spacial score (nSPS) is 17.4. The molecule has 0 spiro atoms. The lowest BCUT2D eigenvalue weighted by Crippen LogP contribution is -2.63. The molecule has 3 heterocycles. The van der Waals surface area contributed by atoms with Crippen LogP contribution < -0.4 is 20.0 Å². The molecule has 0 bridgehead atoms. The van der Waals surface area contributed by atoms with Crippen LogP contribution in [-0.4, -0.2) is 79.4 Å². The summed E-state index contributed by atoms with van der Waals surface area (Å²) in [4.78, 5) is 21.8. The number of unbranched alkanes of at least 4 members (excludes halogenated alkanes) is 1. The molecule has 0 saturated carbocycles. The van der Waals surface area contributed by atoms with Crippen molar-refractivity contribution in [3.8, 4) is 5.75 Å². The van der Waals surface area contributed by atoms with E-state index in [4.69, 9.17) is 4.74 Å². The number of benzene rings is 2. The van der Waals surface area contributed by atoms with E-state index in [1.807, 2.05) is 53.4 Å². The van der Waals surface area contributed by atoms with Crippen molar-refractivity contribution in [1.29, 1.82) is 0 Å². The number of nitrogens with zero attached hydrogens (tertiary/aromatic N) is 4. The highest BCUT2D eigenvalue weighted by atomic mass is 35.5. The van der Waals surface area contributed by atoms with E-state index in [0.29, 0.717) is 32.8 Å². The summed E-state index contributed by atoms with van der Waals surface area (Å²) in [5.74, 6) is -0.0462. The van der Waals surface area contributed by atoms with Gasteiger partial charge in [-0.25, -0.2) is 18.9 Å². The largest absolute Gasteiger partial charge is 0.494 e. The zero-order valence-electron chi connectivity index (χ0n) is 22.9. The molecule has 0 atom stereocenters. The number of sulfonamides is 1. The predicted molar refractivity (Wildman–Crippen MR) is 168 cm³/mol. The van der Waals surface area contributed by atoms with Gasteiger partial charge in [-0.2, -0.15) is 4.31 Å². The maximum atomic E-state index is 13.9. The number of carbonyl (C=O) groups excluding carboxylic acids is 1. The van der Waals surface area contributed by atoms with Gasteiger partial charge in [0.05, 0.1) is 16.8 Å². The van der Waals surface area contributed by atoms with E-state index in [9.17, 15) is 18.4 Å². The Morgan fingerprint density at radius 1 is 1.00 bits per heavy atom. The quantitative estimate of drug-likeness (QED) is 0.201. The Morgan fingerprint density at radius 2 is 1.66 bits per heavy atom. The minimum atomic E-state index is -4.04. The molecular weight excluding hydrogens is 609 g/mol. The molecule has 2 saturated heterocycles. The molecule has 5 rings (SSSR count). The summed E-state index contributed by atoms with van der Waals surface area (Å²) < 4.78 is 34.4. The molecule has 2 fully saturated rings. The first-order valence-electron chi connectivity index (χ1n) is 13.4. The number of hydrogen-bond donors (Lipinski definition) is 2. The number of hydroxylamine groups is 1. The summed E-state index contributed by atoms with van der Waals surface area (Å²) >= 11 is 1.55. The van der Waals surface area contributed by atoms with Crippen LogP contribution in [0.15, 0.2) is 48.5 Å². The van der Waals surface area contributed by atoms with Gasteiger partial charge in [-0.1, -0.05) is 36.8 Å². The van der Waals surface area contributed by atoms with Crippen molar-refractivity contribution in [3.05, 3.63) is 48.5 Å². The van der Waals surface area contributed by atoms with Crippen LogP contribution >= 0.6 is 36.2 Å². The second-order valence-corrected chi connectivity index (χ2v) is 13.2. The number of ether oxygens (including phenoxy) is 1. The SMILES string of the molecule is CCCCOc1ccc(N2CCN(S(=O)(=O)C3(C(=O)NO)CCN(c4nc5ccccc5s4)CC3)CC2)cc1.Cl.Cl. The summed E-state index contributed by atoms with van der Waals surface area (Å²) in [5, 5.41) is 10.4. The van der Waals surface area contributed by atoms with Crippen LogP contribution in [0.5, 0.6) is 5.75 Å². The number of piperazine rings is 1. The fourth-order valence-electron chi connectivity index (χ4n) is 5.28. The van der Waals surface area contributed by atoms with Crippen molar-refractivity contribution >= 4 is 73.1 Å². The molecule has 226 valence electrons. The van der Waals surface area contributed by atoms with Crippen LogP contribution in [-0.2, 0) is 14.8 Å². The van der Waals surface area contributed by atoms with Crippen molar-refractivity contribution in [2.75, 3.05) is 55.7 Å². The van der Waals surface area contributed by atoms with Gasteiger partial charge < -0.3 is 14.5 Å². The Hall–Kier alpha value is -2.35. The monoisotopic (exact) mass is 645 g/mol. The molecule has 2 N–H and O–H groups in total. The number of amides is 1. The maximum absolute atomic E-state index is 13.9. The molecule has 0 unspecified atom stereocenters. The van der Waals surface area contributed by atoms with Crippen LogP contribution in [0, 0.1) is 0 Å². The number of nitrogens with one attached hydrogen (secondary N) is 1. The fourth-order valence-corrected chi connectivity index (χ4v) is 8.41. The van der Waals surface area contributed by atoms with E-state index in [2.05, 4.69) is 16.8 Å². The zero-order chi connectivity index (χ0) is 27.5. The second kappa shape index (κ2) is 14.2. The van der Waals surface area contributed by atoms with Gasteiger partial charge in [0.1, 0.15) is 5.75 Å². The number of piperidine rings is 1. The number of rotatable bonds is 9. The average molecular weight is 647 g/mol. The lowest BCUT2D eigenvalue weighted by atomic mass is 9.95. The van der Waals surface area contributed by atoms with Crippen LogP contribution in [0.3, 0.4) is 0 Å². The standard InChI is InChI=1S/C27H35N5O5S2.2ClH/c1-2-3-20-37-22-10-8-21(9-11-22)30-16-18-32(19-17-30)39(35,36)27(25(33)29-34)12-14-31(15-13-27)26-28-23-6-4-5-7-24(23)38-26;;/h4-11,34H,2-3,12-20H2,1H3,(H,29,33);2*1H. The molecule has 0 aliphatic carbocycles. The van der Waals surface area contributed by atoms with Gasteiger partial charge in [0.25, 0.3) is 5.91 Å². The number of hydrogen-bond acceptors (Lipinski definition) is 9. The molecule has 10 nitrogen and oxygen atoms in total. The molecule has 0 radical (unpaired) electrons. The van der Waals surface area contributed by atoms with Crippen LogP contribution in [0.1, 0.15) is 32.6 Å². The Labute approximate surface area is 257 Å². The molecule has 41 heavy (non-hydrogen) atoms. The van der Waals surface area contributed by atoms with E-state index in [0.717, 1.165) is 39.6 Å². The van der Waals surface area contributed by atoms with Gasteiger partial charge in [-0.15, -0.1) is 24.8 Å². The highest BCUT2D eigenvalue weighted by molar-refractivity contribution is 7.91. The molecule has 2 aliphatic rings. The highest BCUT2D eigenvalue weighted by Gasteiger charge is 2.55. The van der Waals surface area contributed by atoms with E-state index in [1.54, 1.807) is 16.8 Å². The molecule has 1 aromatic heterocycles. The van der Waals surface area contributed by atoms with Crippen LogP contribution in [0.2, 0.25) is 0 Å². The number of fused-ring (bicyclic) bond motifs is 1. The number of halogens is 2. The summed E-state index contributed by atoms with van der Waals surface area (Å²) in [6, 6.07) is 15.7. The Kier molecular flexibility index (Phi) is 11.5. The minimum absolute atomic E-state index is 0. The van der Waals surface area contributed by atoms with Crippen molar-refractivity contribution in [3.63, 3.8) is 0 Å². The lowest BCUT2D eigenvalue weighted by molar-refractivity contribution is -0.132. The molecule has 14 heteroatoms. The number of thiazole rings is 1. The number of anilines is 2. The van der Waals surface area contributed by atoms with Gasteiger partial charge in [0, 0.05) is 45.0 Å². The smallest absolute Gasteiger partial charge is 0.266 e. The Bertz CT molecular complexity index is 1360. The third-order valence-electron chi connectivity index (χ3n) is 7.68. The summed E-state index contributed by atoms with van der Waals surface area (Å²) in [5.41, 5.74) is 3.55. The van der Waals surface area contributed by atoms with E-state index >= 15 is 0 Å². The third kappa shape index (κ3) is 6.68. The van der Waals surface area contributed by atoms with Crippen molar-refractivity contribution in [2.45, 2.75) is 37.4 Å². The molecule has 2 aromatic carbocycles. The Morgan fingerprint density at radius 3 is 2.27 bits per heavy atom. The number of carbonyl (C=O) groups is 1. The molecule has 1 amide bonds. The van der Waals surface area contributed by atoms with Gasteiger partial charge in [-0.05, 0) is 55.7 Å². The number of aromatic nitrogens is 1. The maximum Gasteiger partial charge on any atom is 0.266 e. The summed E-state index contributed by atoms with van der Waals surface area (Å²) in [6.07, 6.45) is 2.22. The summed E-state index contributed by atoms with van der Waals surface area (Å²) in [6.45, 7) is 5.04. The minimum Gasteiger partial charge on any atom is -0.494 e. The molecular formula is C27H37Cl2N5O5S2. The highest BCUT2D eigenvalue weighted by Crippen LogP contribution is 2.38. The Balaban J connectivity index is 0.00000231. The van der Waals surface area contributed by atoms with E-state index in [-0.39, 0.29) is 50.7 Å². The first-order chi connectivity index (χ1) is 18.9. The zero-order valence-corrected chi connectivity index (χ0v) is 26.2. The fraction of sp³-hybridized carbons (Fsp3) is 0.481. The molecule has 2 aliphatic heterocycles. The van der Waals surface area contributed by atoms with E-state index < -0.39 is 20.7 Å². The number of para-hydroxylation sites is 1. The third-order valence-corrected chi connectivity index (χ3v) is 11.4. The topological polar surface area (TPSA) is 115 Å². The average Bonchev–Trinajstić information content (AvgIpc) is 3.42. The van der Waals surface area contributed by atoms with E-state index in [1.165, 1.54) is 4.31 Å². The second-order valence-electron chi connectivity index (χ2n) is 9.97. The van der Waals surface area contributed by atoms with Gasteiger partial charge >= 0.3 is 0 Å². The predicted octanol–water partition coefficient (Wildman–Crippen LogP) is 4.32.